The lowest BCUT2D eigenvalue weighted by Crippen LogP contribution is -2.13. The zero-order valence-electron chi connectivity index (χ0n) is 20.3. The van der Waals surface area contributed by atoms with Gasteiger partial charge in [0, 0.05) is 18.7 Å². The van der Waals surface area contributed by atoms with E-state index >= 15 is 0 Å². The summed E-state index contributed by atoms with van der Waals surface area (Å²) in [6, 6.07) is 12.1. The van der Waals surface area contributed by atoms with Crippen molar-refractivity contribution in [1.29, 1.82) is 0 Å². The van der Waals surface area contributed by atoms with E-state index in [2.05, 4.69) is 25.9 Å². The van der Waals surface area contributed by atoms with Crippen molar-refractivity contribution >= 4 is 55.8 Å². The smallest absolute Gasteiger partial charge is 0.248 e. The number of hydrogen-bond acceptors (Lipinski definition) is 9. The van der Waals surface area contributed by atoms with Crippen molar-refractivity contribution in [3.63, 3.8) is 0 Å². The number of rotatable bonds is 8. The molecule has 0 aliphatic rings. The van der Waals surface area contributed by atoms with Crippen LogP contribution in [0.1, 0.15) is 0 Å². The number of amides is 1. The Labute approximate surface area is 215 Å². The van der Waals surface area contributed by atoms with Gasteiger partial charge in [-0.15, -0.1) is 16.4 Å². The maximum atomic E-state index is 14.7. The molecule has 0 radical (unpaired) electrons. The molecule has 1 amide bonds. The predicted molar refractivity (Wildman–Crippen MR) is 142 cm³/mol. The minimum atomic E-state index is -0.638. The second-order valence-corrected chi connectivity index (χ2v) is 9.22. The summed E-state index contributed by atoms with van der Waals surface area (Å²) in [7, 11) is 5.20. The highest BCUT2D eigenvalue weighted by Crippen LogP contribution is 2.34. The largest absolute Gasteiger partial charge is 0.494 e. The van der Waals surface area contributed by atoms with Gasteiger partial charge >= 0.3 is 0 Å². The van der Waals surface area contributed by atoms with Gasteiger partial charge in [-0.1, -0.05) is 23.4 Å². The Balaban J connectivity index is 1.51. The number of hydrogen-bond donors (Lipinski definition) is 2. The van der Waals surface area contributed by atoms with E-state index in [1.807, 2.05) is 54.7 Å². The number of nitrogens with zero attached hydrogens (tertiary/aromatic N) is 6. The minimum absolute atomic E-state index is 0.0121. The van der Waals surface area contributed by atoms with Crippen LogP contribution in [0.5, 0.6) is 5.75 Å². The molecule has 0 bridgehead atoms. The highest BCUT2D eigenvalue weighted by atomic mass is 32.1. The average molecular weight is 519 g/mol. The van der Waals surface area contributed by atoms with Crippen molar-refractivity contribution in [3.05, 3.63) is 65.8 Å². The number of benzene rings is 2. The summed E-state index contributed by atoms with van der Waals surface area (Å²) in [5, 5.41) is 16.1. The highest BCUT2D eigenvalue weighted by Gasteiger charge is 2.17. The summed E-state index contributed by atoms with van der Waals surface area (Å²) in [6.45, 7) is 0.580. The van der Waals surface area contributed by atoms with Crippen LogP contribution < -0.4 is 15.4 Å². The summed E-state index contributed by atoms with van der Waals surface area (Å²) < 4.78 is 22.6. The van der Waals surface area contributed by atoms with Gasteiger partial charge in [0.05, 0.1) is 34.2 Å². The Morgan fingerprint density at radius 1 is 1.16 bits per heavy atom. The lowest BCUT2D eigenvalue weighted by atomic mass is 10.2. The molecule has 5 rings (SSSR count). The molecule has 0 aliphatic carbocycles. The highest BCUT2D eigenvalue weighted by molar-refractivity contribution is 7.17. The summed E-state index contributed by atoms with van der Waals surface area (Å²) in [4.78, 5) is 23.5. The molecule has 2 N–H and O–H groups in total. The monoisotopic (exact) mass is 518 g/mol. The third-order valence-electron chi connectivity index (χ3n) is 5.37. The Morgan fingerprint density at radius 2 is 2.00 bits per heavy atom. The van der Waals surface area contributed by atoms with Crippen LogP contribution in [0.3, 0.4) is 0 Å². The molecule has 0 unspecified atom stereocenters. The first-order valence-corrected chi connectivity index (χ1v) is 12.1. The standard InChI is InChI=1S/C25H23FN8O2S/c1-33(2)11-6-9-22(35)27-18-14-19(21(36-3)13-15(18)26)29-25-28-17-10-12-37-23(17)24(30-25)34-20-8-5-4-7-16(20)31-32-34/h4-10,12-14H,11H2,1-3H3,(H,27,35)(H,28,29,30)/b9-6+. The second-order valence-electron chi connectivity index (χ2n) is 8.31. The molecule has 0 saturated carbocycles. The topological polar surface area (TPSA) is 110 Å². The Hall–Kier alpha value is -4.42. The first-order chi connectivity index (χ1) is 17.9. The molecular formula is C25H23FN8O2S. The number of methoxy groups -OCH3 is 1. The minimum Gasteiger partial charge on any atom is -0.494 e. The molecule has 0 fully saturated rings. The number of anilines is 3. The number of carbonyl (C=O) groups excluding carboxylic acids is 1. The second kappa shape index (κ2) is 10.3. The zero-order chi connectivity index (χ0) is 25.9. The van der Waals surface area contributed by atoms with Crippen LogP contribution in [0, 0.1) is 5.82 Å². The van der Waals surface area contributed by atoms with Crippen LogP contribution in [-0.2, 0) is 4.79 Å². The molecule has 3 aromatic heterocycles. The maximum Gasteiger partial charge on any atom is 0.248 e. The summed E-state index contributed by atoms with van der Waals surface area (Å²) >= 11 is 1.49. The van der Waals surface area contributed by atoms with E-state index in [1.54, 1.807) is 10.8 Å². The molecule has 37 heavy (non-hydrogen) atoms. The number of likely N-dealkylation sites (N-methyl/N-ethyl adjacent to an activating group) is 1. The molecule has 0 saturated heterocycles. The molecular weight excluding hydrogens is 495 g/mol. The predicted octanol–water partition coefficient (Wildman–Crippen LogP) is 4.37. The van der Waals surface area contributed by atoms with E-state index in [1.165, 1.54) is 36.7 Å². The van der Waals surface area contributed by atoms with Gasteiger partial charge < -0.3 is 20.3 Å². The van der Waals surface area contributed by atoms with Gasteiger partial charge in [0.25, 0.3) is 0 Å². The van der Waals surface area contributed by atoms with Crippen LogP contribution in [0.2, 0.25) is 0 Å². The molecule has 2 aromatic carbocycles. The van der Waals surface area contributed by atoms with Gasteiger partial charge in [0.15, 0.2) is 11.6 Å². The van der Waals surface area contributed by atoms with Gasteiger partial charge in [0.2, 0.25) is 11.9 Å². The number of carbonyl (C=O) groups is 1. The van der Waals surface area contributed by atoms with E-state index in [4.69, 9.17) is 9.72 Å². The van der Waals surface area contributed by atoms with Gasteiger partial charge in [-0.2, -0.15) is 9.67 Å². The van der Waals surface area contributed by atoms with Crippen molar-refractivity contribution in [3.8, 4) is 11.6 Å². The quantitative estimate of drug-likeness (QED) is 0.292. The van der Waals surface area contributed by atoms with Crippen molar-refractivity contribution in [2.75, 3.05) is 38.4 Å². The van der Waals surface area contributed by atoms with Crippen LogP contribution in [0.25, 0.3) is 27.1 Å². The zero-order valence-corrected chi connectivity index (χ0v) is 21.1. The van der Waals surface area contributed by atoms with Crippen molar-refractivity contribution in [1.82, 2.24) is 29.9 Å². The lowest BCUT2D eigenvalue weighted by Gasteiger charge is -2.14. The van der Waals surface area contributed by atoms with E-state index < -0.39 is 11.7 Å². The van der Waals surface area contributed by atoms with Gasteiger partial charge in [0.1, 0.15) is 11.3 Å². The van der Waals surface area contributed by atoms with E-state index in [-0.39, 0.29) is 17.4 Å². The van der Waals surface area contributed by atoms with E-state index in [0.29, 0.717) is 23.6 Å². The van der Waals surface area contributed by atoms with Gasteiger partial charge in [-0.25, -0.2) is 9.37 Å². The SMILES string of the molecule is COc1cc(F)c(NC(=O)/C=C/CN(C)C)cc1Nc1nc(-n2nnc3ccccc32)c2sccc2n1. The third kappa shape index (κ3) is 5.10. The first-order valence-electron chi connectivity index (χ1n) is 11.3. The first kappa shape index (κ1) is 24.3. The molecule has 12 heteroatoms. The average Bonchev–Trinajstić information content (AvgIpc) is 3.52. The maximum absolute atomic E-state index is 14.7. The van der Waals surface area contributed by atoms with Crippen LogP contribution in [0.15, 0.2) is 60.0 Å². The van der Waals surface area contributed by atoms with E-state index in [9.17, 15) is 9.18 Å². The number of ether oxygens (including phenoxy) is 1. The molecule has 5 aromatic rings. The van der Waals surface area contributed by atoms with Gasteiger partial charge in [-0.3, -0.25) is 4.79 Å². The van der Waals surface area contributed by atoms with Crippen molar-refractivity contribution < 1.29 is 13.9 Å². The van der Waals surface area contributed by atoms with Crippen LogP contribution in [-0.4, -0.2) is 63.5 Å². The molecule has 0 atom stereocenters. The Morgan fingerprint density at radius 3 is 2.81 bits per heavy atom. The number of thiophene rings is 1. The number of halogens is 1. The third-order valence-corrected chi connectivity index (χ3v) is 6.27. The van der Waals surface area contributed by atoms with E-state index in [0.717, 1.165) is 15.7 Å². The fraction of sp³-hybridized carbons (Fsp3) is 0.160. The molecule has 0 spiro atoms. The number of nitrogens with one attached hydrogen (secondary N) is 2. The van der Waals surface area contributed by atoms with Gasteiger partial charge in [-0.05, 0) is 43.7 Å². The molecule has 188 valence electrons. The number of para-hydroxylation sites is 1. The molecule has 10 nitrogen and oxygen atoms in total. The van der Waals surface area contributed by atoms with Crippen LogP contribution in [0.4, 0.5) is 21.7 Å². The molecule has 3 heterocycles. The summed E-state index contributed by atoms with van der Waals surface area (Å²) in [5.41, 5.74) is 2.61. The van der Waals surface area contributed by atoms with Crippen LogP contribution >= 0.6 is 11.3 Å². The summed E-state index contributed by atoms with van der Waals surface area (Å²) in [5.74, 6) is -0.0697. The fourth-order valence-electron chi connectivity index (χ4n) is 3.66. The Kier molecular flexibility index (Phi) is 6.75. The number of fused-ring (bicyclic) bond motifs is 2. The number of aromatic nitrogens is 5. The summed E-state index contributed by atoms with van der Waals surface area (Å²) in [6.07, 6.45) is 3.05. The lowest BCUT2D eigenvalue weighted by molar-refractivity contribution is -0.111. The fourth-order valence-corrected chi connectivity index (χ4v) is 4.46. The molecule has 0 aliphatic heterocycles. The van der Waals surface area contributed by atoms with Crippen molar-refractivity contribution in [2.45, 2.75) is 0 Å². The normalized spacial score (nSPS) is 11.6. The van der Waals surface area contributed by atoms with Crippen molar-refractivity contribution in [2.24, 2.45) is 0 Å². The Bertz CT molecular complexity index is 1630.